The molecule has 224 valence electrons. The first-order valence-corrected chi connectivity index (χ1v) is 16.1. The number of fused-ring (bicyclic) bond motifs is 2. The molecule has 4 nitrogen and oxygen atoms in total. The molecule has 0 unspecified atom stereocenters. The van der Waals surface area contributed by atoms with Gasteiger partial charge in [-0.15, -0.1) is 0 Å². The molecule has 0 spiro atoms. The van der Waals surface area contributed by atoms with E-state index in [0.717, 1.165) is 77.1 Å². The van der Waals surface area contributed by atoms with E-state index in [1.54, 1.807) is 0 Å². The molecule has 0 amide bonds. The molecule has 0 atom stereocenters. The Kier molecular flexibility index (Phi) is 6.76. The van der Waals surface area contributed by atoms with Gasteiger partial charge in [0.2, 0.25) is 0 Å². The van der Waals surface area contributed by atoms with Gasteiger partial charge in [0.25, 0.3) is 0 Å². The summed E-state index contributed by atoms with van der Waals surface area (Å²) < 4.78 is 0. The van der Waals surface area contributed by atoms with Crippen molar-refractivity contribution in [2.45, 2.75) is 0 Å². The number of hydrogen-bond acceptors (Lipinski definition) is 4. The Bertz CT molecular complexity index is 2260. The highest BCUT2D eigenvalue weighted by atomic mass is 15.0. The van der Waals surface area contributed by atoms with E-state index in [0.29, 0.717) is 11.6 Å². The Balaban J connectivity index is 1.41. The molecule has 0 saturated carbocycles. The van der Waals surface area contributed by atoms with E-state index in [1.807, 2.05) is 72.8 Å². The van der Waals surface area contributed by atoms with E-state index in [2.05, 4.69) is 97.1 Å². The van der Waals surface area contributed by atoms with Crippen LogP contribution in [0.5, 0.6) is 0 Å². The quantitative estimate of drug-likeness (QED) is 0.180. The smallest absolute Gasteiger partial charge is 0.161 e. The Morgan fingerprint density at radius 1 is 0.229 bits per heavy atom. The van der Waals surface area contributed by atoms with Crippen molar-refractivity contribution in [3.05, 3.63) is 203 Å². The molecule has 0 fully saturated rings. The monoisotopic (exact) mass is 612 g/mol. The Morgan fingerprint density at radius 2 is 0.438 bits per heavy atom. The van der Waals surface area contributed by atoms with Gasteiger partial charge in [-0.3, -0.25) is 0 Å². The van der Waals surface area contributed by atoms with Crippen LogP contribution in [0.4, 0.5) is 0 Å². The minimum Gasteiger partial charge on any atom is -0.226 e. The van der Waals surface area contributed by atoms with Crippen LogP contribution in [0, 0.1) is 0 Å². The summed E-state index contributed by atoms with van der Waals surface area (Å²) in [7, 11) is 0. The second-order valence-electron chi connectivity index (χ2n) is 11.8. The molecule has 2 aliphatic heterocycles. The van der Waals surface area contributed by atoms with Crippen LogP contribution in [0.3, 0.4) is 0 Å². The normalized spacial score (nSPS) is 14.2. The van der Waals surface area contributed by atoms with Crippen LogP contribution in [0.2, 0.25) is 0 Å². The molecule has 0 N–H and O–H groups in total. The summed E-state index contributed by atoms with van der Waals surface area (Å²) in [6.07, 6.45) is 0. The Labute approximate surface area is 277 Å². The molecule has 0 saturated heterocycles. The fraction of sp³-hybridized carbons (Fsp3) is 0. The molecule has 7 aromatic carbocycles. The highest BCUT2D eigenvalue weighted by Gasteiger charge is 2.25. The van der Waals surface area contributed by atoms with Gasteiger partial charge in [0, 0.05) is 32.7 Å². The molecular weight excluding hydrogens is 585 g/mol. The molecule has 2 heterocycles. The van der Waals surface area contributed by atoms with E-state index in [9.17, 15) is 0 Å². The number of aliphatic imine (C=N–C) groups is 4. The SMILES string of the molecule is c1ccc(C2=NC(=c3c4ccccc4c(=C4N=C(c5ccccc5)C(c5ccccc5)=N4)c4ccccc34)N=C2c2ccccc2)cc1. The summed E-state index contributed by atoms with van der Waals surface area (Å²) in [5, 5.41) is 6.24. The number of nitrogens with zero attached hydrogens (tertiary/aromatic N) is 4. The highest BCUT2D eigenvalue weighted by Crippen LogP contribution is 2.26. The fourth-order valence-electron chi connectivity index (χ4n) is 6.71. The van der Waals surface area contributed by atoms with Crippen LogP contribution >= 0.6 is 0 Å². The fourth-order valence-corrected chi connectivity index (χ4v) is 6.71. The lowest BCUT2D eigenvalue weighted by atomic mass is 9.97. The summed E-state index contributed by atoms with van der Waals surface area (Å²) in [6, 6.07) is 58.3. The summed E-state index contributed by atoms with van der Waals surface area (Å²) in [4.78, 5) is 21.1. The maximum atomic E-state index is 5.28. The minimum atomic E-state index is 0.699. The third kappa shape index (κ3) is 4.70. The van der Waals surface area contributed by atoms with E-state index < -0.39 is 0 Å². The first kappa shape index (κ1) is 27.8. The van der Waals surface area contributed by atoms with E-state index in [1.165, 1.54) is 0 Å². The topological polar surface area (TPSA) is 49.4 Å². The standard InChI is InChI=1S/C44H28N4/c1-5-17-29(18-6-1)39-40(30-19-7-2-8-20-30)46-43(45-39)37-33-25-13-15-27-35(33)38(36-28-16-14-26-34(36)37)44-47-41(31-21-9-3-10-22-31)42(48-44)32-23-11-4-12-24-32/h1-28H. The van der Waals surface area contributed by atoms with Crippen molar-refractivity contribution in [1.29, 1.82) is 0 Å². The zero-order valence-electron chi connectivity index (χ0n) is 26.0. The van der Waals surface area contributed by atoms with Crippen LogP contribution in [0.15, 0.2) is 190 Å². The average molecular weight is 613 g/mol. The number of rotatable bonds is 4. The van der Waals surface area contributed by atoms with Crippen LogP contribution in [0.1, 0.15) is 22.3 Å². The molecule has 7 aromatic rings. The largest absolute Gasteiger partial charge is 0.226 e. The van der Waals surface area contributed by atoms with Gasteiger partial charge in [0.1, 0.15) is 0 Å². The molecule has 48 heavy (non-hydrogen) atoms. The summed E-state index contributed by atoms with van der Waals surface area (Å²) in [5.74, 6) is 1.40. The molecule has 9 rings (SSSR count). The predicted molar refractivity (Wildman–Crippen MR) is 199 cm³/mol. The van der Waals surface area contributed by atoms with Crippen LogP contribution in [-0.4, -0.2) is 22.8 Å². The summed E-state index contributed by atoms with van der Waals surface area (Å²) in [5.41, 5.74) is 7.61. The lowest BCUT2D eigenvalue weighted by Crippen LogP contribution is -2.17. The maximum absolute atomic E-state index is 5.28. The summed E-state index contributed by atoms with van der Waals surface area (Å²) in [6.45, 7) is 0. The van der Waals surface area contributed by atoms with Crippen molar-refractivity contribution in [3.8, 4) is 0 Å². The van der Waals surface area contributed by atoms with Crippen molar-refractivity contribution in [2.75, 3.05) is 0 Å². The zero-order chi connectivity index (χ0) is 31.9. The molecule has 0 aliphatic carbocycles. The van der Waals surface area contributed by atoms with Crippen LogP contribution in [-0.2, 0) is 0 Å². The van der Waals surface area contributed by atoms with Crippen molar-refractivity contribution >= 4 is 56.0 Å². The Morgan fingerprint density at radius 3 is 0.667 bits per heavy atom. The molecule has 0 bridgehead atoms. The van der Waals surface area contributed by atoms with E-state index in [-0.39, 0.29) is 0 Å². The van der Waals surface area contributed by atoms with Gasteiger partial charge >= 0.3 is 0 Å². The number of benzene rings is 7. The third-order valence-corrected chi connectivity index (χ3v) is 8.89. The van der Waals surface area contributed by atoms with Gasteiger partial charge in [-0.05, 0) is 21.5 Å². The predicted octanol–water partition coefficient (Wildman–Crippen LogP) is 8.11. The van der Waals surface area contributed by atoms with Gasteiger partial charge in [0.15, 0.2) is 11.6 Å². The average Bonchev–Trinajstić information content (AvgIpc) is 3.81. The van der Waals surface area contributed by atoms with Gasteiger partial charge in [0.05, 0.1) is 22.8 Å². The van der Waals surface area contributed by atoms with Gasteiger partial charge in [-0.2, -0.15) is 0 Å². The molecule has 4 heteroatoms. The van der Waals surface area contributed by atoms with Crippen LogP contribution in [0.25, 0.3) is 33.2 Å². The van der Waals surface area contributed by atoms with Crippen molar-refractivity contribution < 1.29 is 0 Å². The molecule has 2 aliphatic rings. The second kappa shape index (κ2) is 11.7. The maximum Gasteiger partial charge on any atom is 0.161 e. The van der Waals surface area contributed by atoms with Gasteiger partial charge < -0.3 is 0 Å². The van der Waals surface area contributed by atoms with E-state index in [4.69, 9.17) is 20.0 Å². The van der Waals surface area contributed by atoms with Gasteiger partial charge in [-0.1, -0.05) is 170 Å². The first-order chi connectivity index (χ1) is 23.8. The molecule has 0 radical (unpaired) electrons. The Hall–Kier alpha value is -6.52. The van der Waals surface area contributed by atoms with Crippen molar-refractivity contribution in [2.24, 2.45) is 20.0 Å². The third-order valence-electron chi connectivity index (χ3n) is 8.89. The summed E-state index contributed by atoms with van der Waals surface area (Å²) >= 11 is 0. The second-order valence-corrected chi connectivity index (χ2v) is 11.8. The molecule has 0 aromatic heterocycles. The lowest BCUT2D eigenvalue weighted by Gasteiger charge is -2.08. The minimum absolute atomic E-state index is 0.699. The van der Waals surface area contributed by atoms with Crippen LogP contribution < -0.4 is 10.4 Å². The zero-order valence-corrected chi connectivity index (χ0v) is 26.0. The number of hydrogen-bond donors (Lipinski definition) is 0. The van der Waals surface area contributed by atoms with Gasteiger partial charge in [-0.25, -0.2) is 20.0 Å². The highest BCUT2D eigenvalue weighted by molar-refractivity contribution is 6.56. The lowest BCUT2D eigenvalue weighted by molar-refractivity contribution is 1.43. The first-order valence-electron chi connectivity index (χ1n) is 16.1. The van der Waals surface area contributed by atoms with E-state index >= 15 is 0 Å². The molecular formula is C44H28N4. The van der Waals surface area contributed by atoms with Crippen molar-refractivity contribution in [3.63, 3.8) is 0 Å². The van der Waals surface area contributed by atoms with Crippen molar-refractivity contribution in [1.82, 2.24) is 0 Å².